The molecule has 43 heavy (non-hydrogen) atoms. The van der Waals surface area contributed by atoms with Crippen LogP contribution in [-0.4, -0.2) is 65.6 Å². The zero-order valence-corrected chi connectivity index (χ0v) is 26.5. The number of amides is 2. The molecule has 1 aromatic heterocycles. The molecule has 0 radical (unpaired) electrons. The van der Waals surface area contributed by atoms with Gasteiger partial charge < -0.3 is 29.2 Å². The fraction of sp³-hybridized carbons (Fsp3) is 0.647. The highest BCUT2D eigenvalue weighted by molar-refractivity contribution is 5.89. The Balaban J connectivity index is 1.52. The summed E-state index contributed by atoms with van der Waals surface area (Å²) in [6, 6.07) is 6.41. The van der Waals surface area contributed by atoms with Crippen LogP contribution in [0.25, 0.3) is 10.9 Å². The summed E-state index contributed by atoms with van der Waals surface area (Å²) in [5.41, 5.74) is 0.604. The number of aryl methyl sites for hydroxylation is 1. The van der Waals surface area contributed by atoms with Crippen molar-refractivity contribution in [2.24, 2.45) is 17.3 Å². The molecule has 2 aliphatic heterocycles. The molecule has 3 aliphatic rings. The van der Waals surface area contributed by atoms with E-state index in [2.05, 4.69) is 11.4 Å². The maximum absolute atomic E-state index is 14.1. The van der Waals surface area contributed by atoms with E-state index in [1.54, 1.807) is 12.0 Å². The van der Waals surface area contributed by atoms with Crippen molar-refractivity contribution in [1.29, 1.82) is 0 Å². The number of carbonyl (C=O) groups is 3. The second-order valence-corrected chi connectivity index (χ2v) is 14.0. The van der Waals surface area contributed by atoms with Crippen LogP contribution in [0.15, 0.2) is 24.3 Å². The molecule has 2 fully saturated rings. The minimum absolute atomic E-state index is 0.212. The second kappa shape index (κ2) is 12.3. The van der Waals surface area contributed by atoms with Crippen molar-refractivity contribution < 1.29 is 28.6 Å². The first-order valence-electron chi connectivity index (χ1n) is 15.8. The molecule has 1 N–H and O–H groups in total. The molecule has 6 atom stereocenters. The van der Waals surface area contributed by atoms with E-state index in [0.29, 0.717) is 11.6 Å². The number of fused-ring (bicyclic) bond motifs is 5. The third-order valence-electron chi connectivity index (χ3n) is 9.90. The quantitative estimate of drug-likeness (QED) is 0.435. The Morgan fingerprint density at radius 3 is 2.60 bits per heavy atom. The molecule has 9 heteroatoms. The number of rotatable bonds is 2. The maximum Gasteiger partial charge on any atom is 0.408 e. The molecule has 9 nitrogen and oxygen atoms in total. The number of methoxy groups -OCH3 is 1. The predicted molar refractivity (Wildman–Crippen MR) is 164 cm³/mol. The Hall–Kier alpha value is -3.36. The fourth-order valence-corrected chi connectivity index (χ4v) is 7.14. The average molecular weight is 594 g/mol. The molecule has 2 bridgehead atoms. The van der Waals surface area contributed by atoms with Crippen LogP contribution in [0.1, 0.15) is 85.1 Å². The molecule has 2 aromatic rings. The van der Waals surface area contributed by atoms with Crippen molar-refractivity contribution in [3.05, 3.63) is 29.8 Å². The third kappa shape index (κ3) is 6.46. The lowest BCUT2D eigenvalue weighted by atomic mass is 9.85. The predicted octanol–water partition coefficient (Wildman–Crippen LogP) is 5.85. The van der Waals surface area contributed by atoms with Gasteiger partial charge in [-0.15, -0.1) is 0 Å². The summed E-state index contributed by atoms with van der Waals surface area (Å²) < 4.78 is 18.1. The number of hydrogen-bond donors (Lipinski definition) is 1. The van der Waals surface area contributed by atoms with Gasteiger partial charge in [0.05, 0.1) is 25.2 Å². The van der Waals surface area contributed by atoms with E-state index in [9.17, 15) is 14.4 Å². The Labute approximate surface area is 255 Å². The molecule has 2 amide bonds. The average Bonchev–Trinajstić information content (AvgIpc) is 3.47. The number of pyridine rings is 1. The third-order valence-corrected chi connectivity index (χ3v) is 9.90. The van der Waals surface area contributed by atoms with E-state index >= 15 is 0 Å². The van der Waals surface area contributed by atoms with Gasteiger partial charge in [0, 0.05) is 22.9 Å². The van der Waals surface area contributed by atoms with Crippen LogP contribution in [0, 0.1) is 17.3 Å². The van der Waals surface area contributed by atoms with Gasteiger partial charge in [-0.1, -0.05) is 40.5 Å². The van der Waals surface area contributed by atoms with Gasteiger partial charge in [-0.05, 0) is 75.0 Å². The molecular formula is C34H47N3O6. The molecule has 1 aliphatic carbocycles. The number of aromatic nitrogens is 1. The lowest BCUT2D eigenvalue weighted by Crippen LogP contribution is -2.57. The van der Waals surface area contributed by atoms with E-state index < -0.39 is 35.3 Å². The number of nitrogens with zero attached hydrogens (tertiary/aromatic N) is 2. The first-order chi connectivity index (χ1) is 20.4. The summed E-state index contributed by atoms with van der Waals surface area (Å²) in [6.07, 6.45) is 7.48. The number of carbonyl (C=O) groups excluding carboxylic acids is 3. The van der Waals surface area contributed by atoms with Gasteiger partial charge in [0.2, 0.25) is 11.8 Å². The number of benzene rings is 1. The Morgan fingerprint density at radius 2 is 1.88 bits per heavy atom. The fourth-order valence-electron chi connectivity index (χ4n) is 7.14. The molecule has 1 saturated carbocycles. The van der Waals surface area contributed by atoms with E-state index in [0.717, 1.165) is 74.1 Å². The van der Waals surface area contributed by atoms with Crippen LogP contribution in [0.2, 0.25) is 0 Å². The number of nitrogens with one attached hydrogen (secondary N) is 1. The van der Waals surface area contributed by atoms with Gasteiger partial charge in [0.25, 0.3) is 0 Å². The van der Waals surface area contributed by atoms with Gasteiger partial charge in [-0.3, -0.25) is 4.79 Å². The molecule has 1 saturated heterocycles. The smallest absolute Gasteiger partial charge is 0.408 e. The number of aldehydes is 1. The van der Waals surface area contributed by atoms with Gasteiger partial charge in [-0.2, -0.15) is 0 Å². The zero-order chi connectivity index (χ0) is 30.9. The molecule has 5 rings (SSSR count). The van der Waals surface area contributed by atoms with Gasteiger partial charge in [0.15, 0.2) is 0 Å². The van der Waals surface area contributed by atoms with Crippen molar-refractivity contribution in [3.63, 3.8) is 0 Å². The van der Waals surface area contributed by atoms with Gasteiger partial charge in [0.1, 0.15) is 29.8 Å². The molecule has 234 valence electrons. The Morgan fingerprint density at radius 1 is 1.12 bits per heavy atom. The van der Waals surface area contributed by atoms with Crippen LogP contribution >= 0.6 is 0 Å². The Bertz CT molecular complexity index is 1360. The lowest BCUT2D eigenvalue weighted by Gasteiger charge is -2.37. The SMILES string of the molecule is COc1ccc2cc3c(nc2c1)O[C@H]1CN(C(=O)[C@H](C(C)(C)C)NC(=O)O[C@]2(C)CCC[C@H]2CCCCC3)[C@H](C=O)[C@@H]1C. The Kier molecular flexibility index (Phi) is 8.91. The summed E-state index contributed by atoms with van der Waals surface area (Å²) in [7, 11) is 1.63. The van der Waals surface area contributed by atoms with E-state index in [-0.39, 0.29) is 24.3 Å². The van der Waals surface area contributed by atoms with Crippen molar-refractivity contribution in [2.45, 2.75) is 110 Å². The van der Waals surface area contributed by atoms with Crippen LogP contribution in [0.4, 0.5) is 4.79 Å². The molecule has 1 aromatic carbocycles. The number of hydrogen-bond acceptors (Lipinski definition) is 7. The number of ether oxygens (including phenoxy) is 3. The zero-order valence-electron chi connectivity index (χ0n) is 26.5. The summed E-state index contributed by atoms with van der Waals surface area (Å²) in [6.45, 7) is 9.90. The topological polar surface area (TPSA) is 107 Å². The van der Waals surface area contributed by atoms with Crippen molar-refractivity contribution in [1.82, 2.24) is 15.2 Å². The molecular weight excluding hydrogens is 546 g/mol. The van der Waals surface area contributed by atoms with Crippen LogP contribution in [-0.2, 0) is 20.7 Å². The highest BCUT2D eigenvalue weighted by Crippen LogP contribution is 2.42. The minimum atomic E-state index is -0.877. The van der Waals surface area contributed by atoms with E-state index in [1.807, 2.05) is 52.8 Å². The highest BCUT2D eigenvalue weighted by Gasteiger charge is 2.48. The largest absolute Gasteiger partial charge is 0.497 e. The summed E-state index contributed by atoms with van der Waals surface area (Å²) in [5, 5.41) is 3.91. The summed E-state index contributed by atoms with van der Waals surface area (Å²) >= 11 is 0. The molecule has 3 heterocycles. The van der Waals surface area contributed by atoms with Gasteiger partial charge in [-0.25, -0.2) is 9.78 Å². The van der Waals surface area contributed by atoms with Gasteiger partial charge >= 0.3 is 6.09 Å². The highest BCUT2D eigenvalue weighted by atomic mass is 16.6. The standard InChI is InChI=1S/C34H47N3O6/c1-21-27(20-38)37-19-28(21)42-30-23(17-22-14-15-25(41-6)18-26(22)35-30)11-8-7-9-12-24-13-10-16-34(24,5)43-32(40)36-29(31(37)39)33(2,3)4/h14-15,17-18,20-21,24,27-29H,7-13,16,19H2,1-6H3,(H,36,40)/t21-,24+,27+,28-,29+,34+/m0/s1. The first kappa shape index (κ1) is 31.1. The van der Waals surface area contributed by atoms with Crippen LogP contribution in [0.5, 0.6) is 11.6 Å². The molecule has 0 spiro atoms. The van der Waals surface area contributed by atoms with Crippen molar-refractivity contribution in [3.8, 4) is 11.6 Å². The monoisotopic (exact) mass is 593 g/mol. The normalized spacial score (nSPS) is 30.7. The second-order valence-electron chi connectivity index (χ2n) is 14.0. The van der Waals surface area contributed by atoms with Crippen LogP contribution < -0.4 is 14.8 Å². The summed E-state index contributed by atoms with van der Waals surface area (Å²) in [5.74, 6) is 0.937. The molecule has 0 unspecified atom stereocenters. The van der Waals surface area contributed by atoms with Crippen molar-refractivity contribution in [2.75, 3.05) is 13.7 Å². The first-order valence-corrected chi connectivity index (χ1v) is 15.8. The lowest BCUT2D eigenvalue weighted by molar-refractivity contribution is -0.139. The van der Waals surface area contributed by atoms with Crippen molar-refractivity contribution >= 4 is 29.2 Å². The summed E-state index contributed by atoms with van der Waals surface area (Å²) in [4.78, 5) is 46.3. The van der Waals surface area contributed by atoms with E-state index in [1.165, 1.54) is 0 Å². The maximum atomic E-state index is 14.1. The van der Waals surface area contributed by atoms with E-state index in [4.69, 9.17) is 19.2 Å². The number of alkyl carbamates (subject to hydrolysis) is 1. The minimum Gasteiger partial charge on any atom is -0.497 e. The van der Waals surface area contributed by atoms with Crippen LogP contribution in [0.3, 0.4) is 0 Å².